The first-order valence-corrected chi connectivity index (χ1v) is 6.76. The molecule has 0 aromatic carbocycles. The molecule has 16 heavy (non-hydrogen) atoms. The van der Waals surface area contributed by atoms with E-state index in [0.717, 1.165) is 25.7 Å². The highest BCUT2D eigenvalue weighted by molar-refractivity contribution is 4.82. The van der Waals surface area contributed by atoms with Crippen LogP contribution in [-0.2, 0) is 0 Å². The van der Waals surface area contributed by atoms with Gasteiger partial charge in [-0.25, -0.2) is 0 Å². The van der Waals surface area contributed by atoms with E-state index in [0.29, 0.717) is 17.3 Å². The van der Waals surface area contributed by atoms with Gasteiger partial charge >= 0.3 is 0 Å². The summed E-state index contributed by atoms with van der Waals surface area (Å²) in [6.45, 7) is 15.5. The average Bonchev–Trinajstić information content (AvgIpc) is 1.96. The van der Waals surface area contributed by atoms with Crippen molar-refractivity contribution in [2.24, 2.45) is 17.3 Å². The summed E-state index contributed by atoms with van der Waals surface area (Å²) < 4.78 is 0. The third-order valence-corrected chi connectivity index (χ3v) is 2.92. The van der Waals surface area contributed by atoms with E-state index in [-0.39, 0.29) is 0 Å². The van der Waals surface area contributed by atoms with Crippen LogP contribution in [0.1, 0.15) is 74.1 Å². The van der Waals surface area contributed by atoms with Gasteiger partial charge in [-0.1, -0.05) is 48.5 Å². The lowest BCUT2D eigenvalue weighted by atomic mass is 9.77. The molecule has 0 fully saturated rings. The minimum Gasteiger partial charge on any atom is -0.390 e. The second-order valence-electron chi connectivity index (χ2n) is 7.48. The molecular weight excluding hydrogens is 196 g/mol. The lowest BCUT2D eigenvalue weighted by Gasteiger charge is -2.34. The summed E-state index contributed by atoms with van der Waals surface area (Å²) in [6.07, 6.45) is 3.90. The Labute approximate surface area is 103 Å². The van der Waals surface area contributed by atoms with Crippen molar-refractivity contribution in [3.63, 3.8) is 0 Å². The Kier molecular flexibility index (Phi) is 6.03. The maximum absolute atomic E-state index is 10.7. The second-order valence-corrected chi connectivity index (χ2v) is 7.48. The Balaban J connectivity index is 4.41. The normalized spacial score (nSPS) is 13.9. The third kappa shape index (κ3) is 8.15. The first-order valence-electron chi connectivity index (χ1n) is 6.76. The molecule has 0 aliphatic rings. The van der Waals surface area contributed by atoms with E-state index in [1.54, 1.807) is 0 Å². The topological polar surface area (TPSA) is 20.2 Å². The van der Waals surface area contributed by atoms with Crippen molar-refractivity contribution in [3.05, 3.63) is 0 Å². The molecule has 0 aliphatic heterocycles. The molecule has 1 N–H and O–H groups in total. The number of hydrogen-bond acceptors (Lipinski definition) is 1. The molecule has 0 radical (unpaired) electrons. The summed E-state index contributed by atoms with van der Waals surface area (Å²) in [5.41, 5.74) is -0.127. The molecule has 0 bridgehead atoms. The zero-order valence-corrected chi connectivity index (χ0v) is 12.4. The van der Waals surface area contributed by atoms with Gasteiger partial charge in [0.25, 0.3) is 0 Å². The molecule has 1 nitrogen and oxygen atoms in total. The maximum atomic E-state index is 10.7. The molecule has 0 unspecified atom stereocenters. The second kappa shape index (κ2) is 6.05. The lowest BCUT2D eigenvalue weighted by molar-refractivity contribution is -0.0157. The average molecular weight is 228 g/mol. The van der Waals surface area contributed by atoms with Crippen molar-refractivity contribution in [1.29, 1.82) is 0 Å². The largest absolute Gasteiger partial charge is 0.390 e. The maximum Gasteiger partial charge on any atom is 0.0652 e. The van der Waals surface area contributed by atoms with Gasteiger partial charge in [-0.15, -0.1) is 0 Å². The first kappa shape index (κ1) is 16.0. The number of aliphatic hydroxyl groups is 1. The van der Waals surface area contributed by atoms with Crippen LogP contribution >= 0.6 is 0 Å². The van der Waals surface area contributed by atoms with Crippen molar-refractivity contribution in [1.82, 2.24) is 0 Å². The quantitative estimate of drug-likeness (QED) is 0.702. The van der Waals surface area contributed by atoms with E-state index in [1.807, 2.05) is 0 Å². The van der Waals surface area contributed by atoms with E-state index in [9.17, 15) is 5.11 Å². The van der Waals surface area contributed by atoms with Gasteiger partial charge in [0.1, 0.15) is 0 Å². The Hall–Kier alpha value is -0.0400. The van der Waals surface area contributed by atoms with Crippen LogP contribution in [0.4, 0.5) is 0 Å². The molecule has 0 aliphatic carbocycles. The number of hydrogen-bond donors (Lipinski definition) is 1. The van der Waals surface area contributed by atoms with Crippen molar-refractivity contribution >= 4 is 0 Å². The van der Waals surface area contributed by atoms with Gasteiger partial charge in [0.2, 0.25) is 0 Å². The molecular formula is C15H32O. The van der Waals surface area contributed by atoms with Crippen LogP contribution < -0.4 is 0 Å². The van der Waals surface area contributed by atoms with E-state index in [2.05, 4.69) is 48.5 Å². The van der Waals surface area contributed by atoms with E-state index >= 15 is 0 Å². The van der Waals surface area contributed by atoms with Gasteiger partial charge in [0.15, 0.2) is 0 Å². The molecule has 0 spiro atoms. The van der Waals surface area contributed by atoms with E-state index < -0.39 is 5.60 Å². The summed E-state index contributed by atoms with van der Waals surface area (Å²) in [5, 5.41) is 10.7. The molecule has 0 aromatic rings. The van der Waals surface area contributed by atoms with E-state index in [4.69, 9.17) is 0 Å². The van der Waals surface area contributed by atoms with Crippen LogP contribution in [0.3, 0.4) is 0 Å². The van der Waals surface area contributed by atoms with Crippen LogP contribution in [0.15, 0.2) is 0 Å². The molecule has 0 atom stereocenters. The van der Waals surface area contributed by atoms with Crippen LogP contribution in [0.25, 0.3) is 0 Å². The molecule has 0 saturated carbocycles. The van der Waals surface area contributed by atoms with Gasteiger partial charge in [-0.05, 0) is 42.9 Å². The van der Waals surface area contributed by atoms with Crippen molar-refractivity contribution in [2.75, 3.05) is 0 Å². The Morgan fingerprint density at radius 1 is 0.812 bits per heavy atom. The standard InChI is InChI=1S/C15H32O/c1-12(2)10-15(16,11-13(3)4)9-8-14(5,6)7/h12-13,16H,8-11H2,1-7H3. The summed E-state index contributed by atoms with van der Waals surface area (Å²) in [5.74, 6) is 1.15. The van der Waals surface area contributed by atoms with Crippen LogP contribution in [-0.4, -0.2) is 10.7 Å². The fourth-order valence-electron chi connectivity index (χ4n) is 2.41. The summed E-state index contributed by atoms with van der Waals surface area (Å²) in [7, 11) is 0. The van der Waals surface area contributed by atoms with Gasteiger partial charge in [0, 0.05) is 0 Å². The molecule has 0 rings (SSSR count). The van der Waals surface area contributed by atoms with Crippen LogP contribution in [0, 0.1) is 17.3 Å². The minimum atomic E-state index is -0.449. The molecule has 0 saturated heterocycles. The van der Waals surface area contributed by atoms with Gasteiger partial charge < -0.3 is 5.11 Å². The highest BCUT2D eigenvalue weighted by atomic mass is 16.3. The lowest BCUT2D eigenvalue weighted by Crippen LogP contribution is -2.33. The smallest absolute Gasteiger partial charge is 0.0652 e. The summed E-state index contributed by atoms with van der Waals surface area (Å²) in [6, 6.07) is 0. The molecule has 0 heterocycles. The SMILES string of the molecule is CC(C)CC(O)(CCC(C)(C)C)CC(C)C. The van der Waals surface area contributed by atoms with Gasteiger partial charge in [0.05, 0.1) is 5.60 Å². The monoisotopic (exact) mass is 228 g/mol. The zero-order chi connectivity index (χ0) is 13.0. The highest BCUT2D eigenvalue weighted by Crippen LogP contribution is 2.33. The first-order chi connectivity index (χ1) is 7.04. The molecule has 0 amide bonds. The number of rotatable bonds is 6. The Morgan fingerprint density at radius 2 is 1.19 bits per heavy atom. The van der Waals surface area contributed by atoms with Gasteiger partial charge in [-0.2, -0.15) is 0 Å². The van der Waals surface area contributed by atoms with Crippen molar-refractivity contribution < 1.29 is 5.11 Å². The molecule has 0 aromatic heterocycles. The van der Waals surface area contributed by atoms with Crippen molar-refractivity contribution in [3.8, 4) is 0 Å². The minimum absolute atomic E-state index is 0.321. The zero-order valence-electron chi connectivity index (χ0n) is 12.4. The van der Waals surface area contributed by atoms with Crippen LogP contribution in [0.2, 0.25) is 0 Å². The van der Waals surface area contributed by atoms with Crippen LogP contribution in [0.5, 0.6) is 0 Å². The molecule has 98 valence electrons. The van der Waals surface area contributed by atoms with Gasteiger partial charge in [-0.3, -0.25) is 0 Å². The van der Waals surface area contributed by atoms with E-state index in [1.165, 1.54) is 0 Å². The summed E-state index contributed by atoms with van der Waals surface area (Å²) in [4.78, 5) is 0. The Bertz CT molecular complexity index is 176. The fourth-order valence-corrected chi connectivity index (χ4v) is 2.41. The summed E-state index contributed by atoms with van der Waals surface area (Å²) >= 11 is 0. The Morgan fingerprint density at radius 3 is 1.44 bits per heavy atom. The predicted molar refractivity (Wildman–Crippen MR) is 72.5 cm³/mol. The van der Waals surface area contributed by atoms with Crippen molar-refractivity contribution in [2.45, 2.75) is 79.8 Å². The molecule has 1 heteroatoms. The highest BCUT2D eigenvalue weighted by Gasteiger charge is 2.30. The predicted octanol–water partition coefficient (Wildman–Crippen LogP) is 4.64. The fraction of sp³-hybridized carbons (Fsp3) is 1.00. The third-order valence-electron chi connectivity index (χ3n) is 2.92.